The van der Waals surface area contributed by atoms with Crippen LogP contribution in [-0.2, 0) is 6.42 Å². The van der Waals surface area contributed by atoms with E-state index in [1.165, 1.54) is 5.56 Å². The lowest BCUT2D eigenvalue weighted by Crippen LogP contribution is -2.41. The van der Waals surface area contributed by atoms with Crippen molar-refractivity contribution in [2.24, 2.45) is 4.99 Å². The van der Waals surface area contributed by atoms with Gasteiger partial charge in [-0.15, -0.1) is 0 Å². The van der Waals surface area contributed by atoms with E-state index in [1.54, 1.807) is 31.4 Å². The Kier molecular flexibility index (Phi) is 9.41. The summed E-state index contributed by atoms with van der Waals surface area (Å²) in [6.07, 6.45) is 2.01. The van der Waals surface area contributed by atoms with Gasteiger partial charge in [-0.25, -0.2) is 0 Å². The number of guanidine groups is 1. The fraction of sp³-hybridized carbons (Fsp3) is 0.364. The molecule has 0 unspecified atom stereocenters. The zero-order chi connectivity index (χ0) is 20.0. The van der Waals surface area contributed by atoms with Crippen LogP contribution < -0.4 is 20.7 Å². The average molecular weight is 383 g/mol. The number of hydrogen-bond acceptors (Lipinski definition) is 3. The van der Waals surface area contributed by atoms with E-state index in [0.29, 0.717) is 18.7 Å². The smallest absolute Gasteiger partial charge is 0.251 e. The van der Waals surface area contributed by atoms with Gasteiger partial charge in [0.05, 0.1) is 7.11 Å². The van der Waals surface area contributed by atoms with Crippen LogP contribution in [-0.4, -0.2) is 45.2 Å². The van der Waals surface area contributed by atoms with Crippen molar-refractivity contribution in [2.75, 3.05) is 33.3 Å². The van der Waals surface area contributed by atoms with Crippen molar-refractivity contribution in [3.05, 3.63) is 65.7 Å². The molecular weight excluding hydrogens is 352 g/mol. The minimum absolute atomic E-state index is 0.103. The Morgan fingerprint density at radius 1 is 0.964 bits per heavy atom. The third kappa shape index (κ3) is 7.70. The Morgan fingerprint density at radius 2 is 1.68 bits per heavy atom. The second-order valence-corrected chi connectivity index (χ2v) is 6.26. The van der Waals surface area contributed by atoms with Crippen LogP contribution in [0, 0.1) is 0 Å². The highest BCUT2D eigenvalue weighted by molar-refractivity contribution is 5.94. The number of nitrogens with zero attached hydrogens (tertiary/aromatic N) is 1. The van der Waals surface area contributed by atoms with Crippen LogP contribution in [0.15, 0.2) is 59.6 Å². The van der Waals surface area contributed by atoms with Gasteiger partial charge in [-0.2, -0.15) is 0 Å². The summed E-state index contributed by atoms with van der Waals surface area (Å²) in [6.45, 7) is 4.70. The summed E-state index contributed by atoms with van der Waals surface area (Å²) in [6, 6.07) is 17.5. The van der Waals surface area contributed by atoms with Crippen molar-refractivity contribution < 1.29 is 9.53 Å². The van der Waals surface area contributed by atoms with E-state index in [0.717, 1.165) is 37.6 Å². The highest BCUT2D eigenvalue weighted by Gasteiger charge is 2.05. The number of rotatable bonds is 10. The molecule has 2 rings (SSSR count). The molecule has 28 heavy (non-hydrogen) atoms. The Bertz CT molecular complexity index is 730. The molecule has 1 amide bonds. The molecule has 0 aliphatic carbocycles. The number of ether oxygens (including phenoxy) is 1. The van der Waals surface area contributed by atoms with Crippen LogP contribution in [0.25, 0.3) is 0 Å². The van der Waals surface area contributed by atoms with Crippen molar-refractivity contribution >= 4 is 11.9 Å². The molecule has 0 aliphatic rings. The molecule has 0 aliphatic heterocycles. The molecule has 0 saturated heterocycles. The summed E-state index contributed by atoms with van der Waals surface area (Å²) in [4.78, 5) is 16.7. The summed E-state index contributed by atoms with van der Waals surface area (Å²) in [5, 5.41) is 9.37. The highest BCUT2D eigenvalue weighted by Crippen LogP contribution is 2.10. The summed E-state index contributed by atoms with van der Waals surface area (Å²) < 4.78 is 5.10. The molecule has 0 atom stereocenters. The average Bonchev–Trinajstić information content (AvgIpc) is 2.74. The van der Waals surface area contributed by atoms with Crippen molar-refractivity contribution in [3.8, 4) is 5.75 Å². The van der Waals surface area contributed by atoms with Gasteiger partial charge in [-0.3, -0.25) is 9.79 Å². The van der Waals surface area contributed by atoms with Gasteiger partial charge in [-0.05, 0) is 49.6 Å². The minimum atomic E-state index is -0.103. The highest BCUT2D eigenvalue weighted by atomic mass is 16.5. The minimum Gasteiger partial charge on any atom is -0.497 e. The van der Waals surface area contributed by atoms with Crippen LogP contribution >= 0.6 is 0 Å². The van der Waals surface area contributed by atoms with E-state index in [9.17, 15) is 4.79 Å². The second kappa shape index (κ2) is 12.4. The molecule has 2 aromatic carbocycles. The molecule has 6 heteroatoms. The number of hydrogen-bond donors (Lipinski definition) is 3. The summed E-state index contributed by atoms with van der Waals surface area (Å²) in [5.41, 5.74) is 1.94. The number of aryl methyl sites for hydroxylation is 1. The molecule has 6 nitrogen and oxygen atoms in total. The predicted octanol–water partition coefficient (Wildman–Crippen LogP) is 2.61. The van der Waals surface area contributed by atoms with E-state index >= 15 is 0 Å². The van der Waals surface area contributed by atoms with Crippen LogP contribution in [0.1, 0.15) is 29.3 Å². The molecule has 0 saturated carbocycles. The van der Waals surface area contributed by atoms with Crippen molar-refractivity contribution in [2.45, 2.75) is 19.8 Å². The molecule has 0 radical (unpaired) electrons. The molecule has 0 heterocycles. The monoisotopic (exact) mass is 382 g/mol. The van der Waals surface area contributed by atoms with Gasteiger partial charge in [-0.1, -0.05) is 30.3 Å². The number of nitrogens with one attached hydrogen (secondary N) is 3. The van der Waals surface area contributed by atoms with Gasteiger partial charge in [0.25, 0.3) is 5.91 Å². The third-order valence-electron chi connectivity index (χ3n) is 4.14. The normalized spacial score (nSPS) is 11.0. The maximum absolute atomic E-state index is 12.1. The molecule has 3 N–H and O–H groups in total. The van der Waals surface area contributed by atoms with Crippen molar-refractivity contribution in [1.29, 1.82) is 0 Å². The van der Waals surface area contributed by atoms with Gasteiger partial charge in [0.1, 0.15) is 5.75 Å². The summed E-state index contributed by atoms with van der Waals surface area (Å²) >= 11 is 0. The SMILES string of the molecule is CCNC(=NCCCc1ccccc1)NCCNC(=O)c1ccc(OC)cc1. The van der Waals surface area contributed by atoms with Gasteiger partial charge in [0, 0.05) is 31.7 Å². The predicted molar refractivity (Wildman–Crippen MR) is 114 cm³/mol. The number of benzene rings is 2. The van der Waals surface area contributed by atoms with E-state index in [2.05, 4.69) is 45.2 Å². The molecule has 2 aromatic rings. The topological polar surface area (TPSA) is 74.8 Å². The Hall–Kier alpha value is -3.02. The maximum Gasteiger partial charge on any atom is 0.251 e. The van der Waals surface area contributed by atoms with Crippen molar-refractivity contribution in [1.82, 2.24) is 16.0 Å². The standard InChI is InChI=1S/C22H30N4O2/c1-3-23-22(25-15-7-10-18-8-5-4-6-9-18)26-17-16-24-21(27)19-11-13-20(28-2)14-12-19/h4-6,8-9,11-14H,3,7,10,15-17H2,1-2H3,(H,24,27)(H2,23,25,26). The van der Waals surface area contributed by atoms with E-state index in [-0.39, 0.29) is 5.91 Å². The number of methoxy groups -OCH3 is 1. The molecule has 0 spiro atoms. The summed E-state index contributed by atoms with van der Waals surface area (Å²) in [7, 11) is 1.60. The van der Waals surface area contributed by atoms with Gasteiger partial charge >= 0.3 is 0 Å². The van der Waals surface area contributed by atoms with E-state index in [4.69, 9.17) is 4.74 Å². The third-order valence-corrected chi connectivity index (χ3v) is 4.14. The Balaban J connectivity index is 1.69. The fourth-order valence-corrected chi connectivity index (χ4v) is 2.66. The number of amides is 1. The van der Waals surface area contributed by atoms with Gasteiger partial charge < -0.3 is 20.7 Å². The first-order chi connectivity index (χ1) is 13.7. The Morgan fingerprint density at radius 3 is 2.36 bits per heavy atom. The lowest BCUT2D eigenvalue weighted by molar-refractivity contribution is 0.0954. The molecule has 0 aromatic heterocycles. The van der Waals surface area contributed by atoms with Crippen LogP contribution in [0.5, 0.6) is 5.75 Å². The molecule has 0 bridgehead atoms. The lowest BCUT2D eigenvalue weighted by atomic mass is 10.1. The zero-order valence-electron chi connectivity index (χ0n) is 16.7. The zero-order valence-corrected chi connectivity index (χ0v) is 16.7. The quantitative estimate of drug-likeness (QED) is 0.335. The lowest BCUT2D eigenvalue weighted by Gasteiger charge is -2.12. The number of carbonyl (C=O) groups excluding carboxylic acids is 1. The van der Waals surface area contributed by atoms with Gasteiger partial charge in [0.15, 0.2) is 5.96 Å². The Labute approximate surface area is 167 Å². The van der Waals surface area contributed by atoms with Crippen molar-refractivity contribution in [3.63, 3.8) is 0 Å². The first-order valence-corrected chi connectivity index (χ1v) is 9.71. The first kappa shape index (κ1) is 21.3. The maximum atomic E-state index is 12.1. The number of aliphatic imine (C=N–C) groups is 1. The van der Waals surface area contributed by atoms with Crippen LogP contribution in [0.2, 0.25) is 0 Å². The largest absolute Gasteiger partial charge is 0.497 e. The first-order valence-electron chi connectivity index (χ1n) is 9.71. The van der Waals surface area contributed by atoms with Crippen LogP contribution in [0.3, 0.4) is 0 Å². The molecular formula is C22H30N4O2. The summed E-state index contributed by atoms with van der Waals surface area (Å²) in [5.74, 6) is 1.40. The molecule has 150 valence electrons. The van der Waals surface area contributed by atoms with Crippen LogP contribution in [0.4, 0.5) is 0 Å². The van der Waals surface area contributed by atoms with E-state index < -0.39 is 0 Å². The fourth-order valence-electron chi connectivity index (χ4n) is 2.66. The molecule has 0 fully saturated rings. The van der Waals surface area contributed by atoms with Gasteiger partial charge in [0.2, 0.25) is 0 Å². The second-order valence-electron chi connectivity index (χ2n) is 6.26. The number of carbonyl (C=O) groups is 1. The van der Waals surface area contributed by atoms with E-state index in [1.807, 2.05) is 13.0 Å².